The third-order valence-corrected chi connectivity index (χ3v) is 4.38. The first kappa shape index (κ1) is 13.5. The van der Waals surface area contributed by atoms with Gasteiger partial charge in [0.25, 0.3) is 0 Å². The summed E-state index contributed by atoms with van der Waals surface area (Å²) in [5, 5.41) is 3.50. The molecule has 1 unspecified atom stereocenters. The fraction of sp³-hybridized carbons (Fsp3) is 0.667. The molecule has 1 fully saturated rings. The zero-order chi connectivity index (χ0) is 12.1. The molecule has 1 aromatic rings. The van der Waals surface area contributed by atoms with Crippen molar-refractivity contribution >= 4 is 27.3 Å². The van der Waals surface area contributed by atoms with Crippen molar-refractivity contribution in [1.82, 2.24) is 5.32 Å². The van der Waals surface area contributed by atoms with Crippen molar-refractivity contribution in [3.05, 3.63) is 20.8 Å². The molecular weight excluding hydrogens is 302 g/mol. The van der Waals surface area contributed by atoms with Crippen molar-refractivity contribution in [1.29, 1.82) is 0 Å². The predicted octanol–water partition coefficient (Wildman–Crippen LogP) is 2.79. The monoisotopic (exact) mass is 319 g/mol. The largest absolute Gasteiger partial charge is 0.350 e. The molecule has 0 bridgehead atoms. The van der Waals surface area contributed by atoms with Crippen LogP contribution >= 0.6 is 27.3 Å². The van der Waals surface area contributed by atoms with E-state index in [-0.39, 0.29) is 6.29 Å². The van der Waals surface area contributed by atoms with Gasteiger partial charge in [-0.2, -0.15) is 0 Å². The fourth-order valence-corrected chi connectivity index (χ4v) is 3.57. The minimum atomic E-state index is -0.0255. The van der Waals surface area contributed by atoms with Gasteiger partial charge in [-0.05, 0) is 41.0 Å². The van der Waals surface area contributed by atoms with E-state index in [9.17, 15) is 0 Å². The van der Waals surface area contributed by atoms with Gasteiger partial charge in [0.1, 0.15) is 0 Å². The van der Waals surface area contributed by atoms with E-state index < -0.39 is 0 Å². The normalized spacial score (nSPS) is 18.7. The number of hydrogen-bond donors (Lipinski definition) is 1. The van der Waals surface area contributed by atoms with Crippen molar-refractivity contribution in [2.75, 3.05) is 19.8 Å². The van der Waals surface area contributed by atoms with Gasteiger partial charge in [-0.3, -0.25) is 0 Å². The summed E-state index contributed by atoms with van der Waals surface area (Å²) in [4.78, 5) is 1.39. The van der Waals surface area contributed by atoms with Crippen LogP contribution in [0, 0.1) is 0 Å². The molecule has 1 aliphatic heterocycles. The van der Waals surface area contributed by atoms with Crippen LogP contribution in [0.4, 0.5) is 0 Å². The molecule has 0 aliphatic carbocycles. The fourth-order valence-electron chi connectivity index (χ4n) is 2.01. The molecule has 1 N–H and O–H groups in total. The summed E-state index contributed by atoms with van der Waals surface area (Å²) in [5.74, 6) is 0. The maximum Gasteiger partial charge on any atom is 0.159 e. The predicted molar refractivity (Wildman–Crippen MR) is 73.5 cm³/mol. The standard InChI is InChI=1S/C12H18BrNO2S/c1-2-14-9(8-12-15-5-6-16-12)7-10-3-4-11(13)17-10/h3-4,9,12,14H,2,5-8H2,1H3. The first-order valence-corrected chi connectivity index (χ1v) is 7.59. The molecule has 5 heteroatoms. The minimum Gasteiger partial charge on any atom is -0.350 e. The van der Waals surface area contributed by atoms with Crippen LogP contribution in [0.3, 0.4) is 0 Å². The second kappa shape index (κ2) is 6.85. The van der Waals surface area contributed by atoms with Crippen molar-refractivity contribution in [2.45, 2.75) is 32.1 Å². The van der Waals surface area contributed by atoms with Gasteiger partial charge in [-0.15, -0.1) is 11.3 Å². The SMILES string of the molecule is CCNC(Cc1ccc(Br)s1)CC1OCCO1. The molecule has 0 spiro atoms. The minimum absolute atomic E-state index is 0.0255. The molecule has 0 saturated carbocycles. The zero-order valence-electron chi connectivity index (χ0n) is 9.95. The summed E-state index contributed by atoms with van der Waals surface area (Å²) in [6.07, 6.45) is 1.93. The maximum absolute atomic E-state index is 5.50. The lowest BCUT2D eigenvalue weighted by Crippen LogP contribution is -2.34. The number of likely N-dealkylation sites (N-methyl/N-ethyl adjacent to an activating group) is 1. The van der Waals surface area contributed by atoms with Crippen molar-refractivity contribution < 1.29 is 9.47 Å². The molecular formula is C12H18BrNO2S. The van der Waals surface area contributed by atoms with Gasteiger partial charge in [0.05, 0.1) is 17.0 Å². The average molecular weight is 320 g/mol. The lowest BCUT2D eigenvalue weighted by Gasteiger charge is -2.20. The quantitative estimate of drug-likeness (QED) is 0.874. The van der Waals surface area contributed by atoms with Crippen LogP contribution < -0.4 is 5.32 Å². The summed E-state index contributed by atoms with van der Waals surface area (Å²) in [6.45, 7) is 4.57. The molecule has 1 atom stereocenters. The van der Waals surface area contributed by atoms with E-state index in [1.165, 1.54) is 8.66 Å². The summed E-state index contributed by atoms with van der Waals surface area (Å²) < 4.78 is 12.2. The Balaban J connectivity index is 1.87. The van der Waals surface area contributed by atoms with E-state index in [4.69, 9.17) is 9.47 Å². The summed E-state index contributed by atoms with van der Waals surface area (Å²) in [5.41, 5.74) is 0. The molecule has 0 aromatic carbocycles. The van der Waals surface area contributed by atoms with Crippen LogP contribution in [0.2, 0.25) is 0 Å². The van der Waals surface area contributed by atoms with Gasteiger partial charge < -0.3 is 14.8 Å². The highest BCUT2D eigenvalue weighted by Crippen LogP contribution is 2.24. The molecule has 17 heavy (non-hydrogen) atoms. The number of hydrogen-bond acceptors (Lipinski definition) is 4. The van der Waals surface area contributed by atoms with Crippen molar-refractivity contribution in [3.63, 3.8) is 0 Å². The Bertz CT molecular complexity index is 339. The first-order chi connectivity index (χ1) is 8.28. The number of ether oxygens (including phenoxy) is 2. The highest BCUT2D eigenvalue weighted by atomic mass is 79.9. The van der Waals surface area contributed by atoms with E-state index in [0.29, 0.717) is 6.04 Å². The molecule has 2 rings (SSSR count). The number of halogens is 1. The number of nitrogens with one attached hydrogen (secondary N) is 1. The van der Waals surface area contributed by atoms with Crippen LogP contribution in [0.15, 0.2) is 15.9 Å². The van der Waals surface area contributed by atoms with Gasteiger partial charge in [0, 0.05) is 17.3 Å². The van der Waals surface area contributed by atoms with Gasteiger partial charge in [0.15, 0.2) is 6.29 Å². The Hall–Kier alpha value is 0.0600. The number of rotatable bonds is 6. The Kier molecular flexibility index (Phi) is 5.44. The Labute approximate surface area is 115 Å². The first-order valence-electron chi connectivity index (χ1n) is 5.98. The van der Waals surface area contributed by atoms with Gasteiger partial charge in [0.2, 0.25) is 0 Å². The van der Waals surface area contributed by atoms with Crippen LogP contribution in [0.1, 0.15) is 18.2 Å². The van der Waals surface area contributed by atoms with Crippen molar-refractivity contribution in [2.24, 2.45) is 0 Å². The molecule has 2 heterocycles. The maximum atomic E-state index is 5.50. The molecule has 1 aromatic heterocycles. The van der Waals surface area contributed by atoms with Crippen LogP contribution in [-0.2, 0) is 15.9 Å². The average Bonchev–Trinajstić information content (AvgIpc) is 2.91. The molecule has 0 amide bonds. The van der Waals surface area contributed by atoms with E-state index in [0.717, 1.165) is 32.6 Å². The molecule has 3 nitrogen and oxygen atoms in total. The third kappa shape index (κ3) is 4.34. The Morgan fingerprint density at radius 1 is 1.47 bits per heavy atom. The summed E-state index contributed by atoms with van der Waals surface area (Å²) in [7, 11) is 0. The van der Waals surface area contributed by atoms with Crippen molar-refractivity contribution in [3.8, 4) is 0 Å². The Morgan fingerprint density at radius 2 is 2.24 bits per heavy atom. The number of thiophene rings is 1. The smallest absolute Gasteiger partial charge is 0.159 e. The van der Waals surface area contributed by atoms with E-state index in [1.54, 1.807) is 11.3 Å². The lowest BCUT2D eigenvalue weighted by atomic mass is 10.1. The van der Waals surface area contributed by atoms with E-state index in [2.05, 4.69) is 40.3 Å². The lowest BCUT2D eigenvalue weighted by molar-refractivity contribution is -0.0525. The van der Waals surface area contributed by atoms with Gasteiger partial charge in [-0.1, -0.05) is 6.92 Å². The second-order valence-electron chi connectivity index (χ2n) is 4.07. The van der Waals surface area contributed by atoms with Crippen LogP contribution in [0.25, 0.3) is 0 Å². The van der Waals surface area contributed by atoms with E-state index >= 15 is 0 Å². The van der Waals surface area contributed by atoms with Gasteiger partial charge >= 0.3 is 0 Å². The topological polar surface area (TPSA) is 30.5 Å². The Morgan fingerprint density at radius 3 is 2.82 bits per heavy atom. The molecule has 1 aliphatic rings. The third-order valence-electron chi connectivity index (χ3n) is 2.74. The molecule has 1 saturated heterocycles. The highest BCUT2D eigenvalue weighted by molar-refractivity contribution is 9.11. The second-order valence-corrected chi connectivity index (χ2v) is 6.62. The highest BCUT2D eigenvalue weighted by Gasteiger charge is 2.21. The van der Waals surface area contributed by atoms with Crippen LogP contribution in [0.5, 0.6) is 0 Å². The van der Waals surface area contributed by atoms with E-state index in [1.807, 2.05) is 0 Å². The summed E-state index contributed by atoms with van der Waals surface area (Å²) in [6, 6.07) is 4.70. The molecule has 0 radical (unpaired) electrons. The zero-order valence-corrected chi connectivity index (χ0v) is 12.4. The molecule has 96 valence electrons. The van der Waals surface area contributed by atoms with Crippen LogP contribution in [-0.4, -0.2) is 32.1 Å². The van der Waals surface area contributed by atoms with Gasteiger partial charge in [-0.25, -0.2) is 0 Å². The summed E-state index contributed by atoms with van der Waals surface area (Å²) >= 11 is 5.29.